The van der Waals surface area contributed by atoms with Gasteiger partial charge in [0.1, 0.15) is 11.9 Å². The molecule has 1 unspecified atom stereocenters. The summed E-state index contributed by atoms with van der Waals surface area (Å²) in [6.07, 6.45) is 3.86. The Morgan fingerprint density at radius 3 is 2.44 bits per heavy atom. The van der Waals surface area contributed by atoms with Crippen LogP contribution in [0.25, 0.3) is 0 Å². The molecule has 2 aromatic carbocycles. The van der Waals surface area contributed by atoms with Crippen molar-refractivity contribution in [2.75, 3.05) is 11.4 Å². The van der Waals surface area contributed by atoms with Gasteiger partial charge >= 0.3 is 0 Å². The zero-order valence-corrected chi connectivity index (χ0v) is 19.4. The van der Waals surface area contributed by atoms with E-state index in [2.05, 4.69) is 10.6 Å². The standard InChI is InChI=1S/C26H26FN3O3S/c27-19-10-6-13-21(16-19)30(23(31)17-28-25(32)22-14-7-15-34-22)24(18-8-2-1-3-9-18)26(33)29-20-11-4-5-12-20/h1-3,6-10,13-16,20,24H,4-5,11-12,17H2,(H,28,32)(H,29,33). The fraction of sp³-hybridized carbons (Fsp3) is 0.269. The normalized spacial score (nSPS) is 14.4. The van der Waals surface area contributed by atoms with Crippen LogP contribution in [0.3, 0.4) is 0 Å². The van der Waals surface area contributed by atoms with Crippen LogP contribution in [0.15, 0.2) is 72.1 Å². The molecule has 0 radical (unpaired) electrons. The lowest BCUT2D eigenvalue weighted by atomic mass is 10.0. The maximum atomic E-state index is 14.2. The summed E-state index contributed by atoms with van der Waals surface area (Å²) in [5.41, 5.74) is 0.839. The Kier molecular flexibility index (Phi) is 7.69. The molecule has 1 aliphatic carbocycles. The van der Waals surface area contributed by atoms with E-state index < -0.39 is 17.8 Å². The van der Waals surface area contributed by atoms with E-state index in [0.29, 0.717) is 10.4 Å². The first kappa shape index (κ1) is 23.6. The quantitative estimate of drug-likeness (QED) is 0.501. The number of rotatable bonds is 8. The molecule has 1 saturated carbocycles. The van der Waals surface area contributed by atoms with Gasteiger partial charge in [-0.3, -0.25) is 19.3 Å². The largest absolute Gasteiger partial charge is 0.351 e. The first-order valence-electron chi connectivity index (χ1n) is 11.3. The number of benzene rings is 2. The summed E-state index contributed by atoms with van der Waals surface area (Å²) < 4.78 is 14.2. The Bertz CT molecular complexity index is 1130. The average Bonchev–Trinajstić information content (AvgIpc) is 3.56. The highest BCUT2D eigenvalue weighted by atomic mass is 32.1. The Morgan fingerprint density at radius 1 is 1.00 bits per heavy atom. The number of carbonyl (C=O) groups excluding carboxylic acids is 3. The third kappa shape index (κ3) is 5.69. The first-order valence-corrected chi connectivity index (χ1v) is 12.2. The molecular formula is C26H26FN3O3S. The van der Waals surface area contributed by atoms with Crippen molar-refractivity contribution in [3.63, 3.8) is 0 Å². The van der Waals surface area contributed by atoms with Crippen LogP contribution in [-0.4, -0.2) is 30.3 Å². The lowest BCUT2D eigenvalue weighted by Crippen LogP contribution is -2.49. The van der Waals surface area contributed by atoms with E-state index in [9.17, 15) is 18.8 Å². The molecule has 34 heavy (non-hydrogen) atoms. The van der Waals surface area contributed by atoms with Crippen molar-refractivity contribution < 1.29 is 18.8 Å². The number of hydrogen-bond donors (Lipinski definition) is 2. The van der Waals surface area contributed by atoms with Crippen LogP contribution in [0, 0.1) is 5.82 Å². The Morgan fingerprint density at radius 2 is 1.76 bits per heavy atom. The molecule has 0 aliphatic heterocycles. The molecule has 4 rings (SSSR count). The van der Waals surface area contributed by atoms with Crippen LogP contribution in [0.4, 0.5) is 10.1 Å². The van der Waals surface area contributed by atoms with Crippen LogP contribution in [0.1, 0.15) is 47.0 Å². The number of anilines is 1. The van der Waals surface area contributed by atoms with Crippen LogP contribution < -0.4 is 15.5 Å². The average molecular weight is 480 g/mol. The minimum absolute atomic E-state index is 0.0432. The van der Waals surface area contributed by atoms with Crippen molar-refractivity contribution in [2.24, 2.45) is 0 Å². The highest BCUT2D eigenvalue weighted by Crippen LogP contribution is 2.29. The van der Waals surface area contributed by atoms with Gasteiger partial charge < -0.3 is 10.6 Å². The molecule has 1 heterocycles. The van der Waals surface area contributed by atoms with Gasteiger partial charge in [-0.1, -0.05) is 55.3 Å². The number of halogens is 1. The molecule has 1 fully saturated rings. The van der Waals surface area contributed by atoms with Crippen LogP contribution in [0.2, 0.25) is 0 Å². The van der Waals surface area contributed by atoms with Gasteiger partial charge in [0.2, 0.25) is 11.8 Å². The van der Waals surface area contributed by atoms with Gasteiger partial charge in [-0.2, -0.15) is 0 Å². The van der Waals surface area contributed by atoms with Gasteiger partial charge in [0.05, 0.1) is 11.4 Å². The first-order chi connectivity index (χ1) is 16.5. The summed E-state index contributed by atoms with van der Waals surface area (Å²) >= 11 is 1.26. The van der Waals surface area contributed by atoms with E-state index in [1.54, 1.807) is 47.8 Å². The Balaban J connectivity index is 1.66. The van der Waals surface area contributed by atoms with Gasteiger partial charge in [-0.25, -0.2) is 4.39 Å². The van der Waals surface area contributed by atoms with E-state index >= 15 is 0 Å². The van der Waals surface area contributed by atoms with Crippen molar-refractivity contribution in [1.82, 2.24) is 10.6 Å². The summed E-state index contributed by atoms with van der Waals surface area (Å²) in [7, 11) is 0. The third-order valence-electron chi connectivity index (χ3n) is 5.82. The van der Waals surface area contributed by atoms with Gasteiger partial charge in [-0.15, -0.1) is 11.3 Å². The smallest absolute Gasteiger partial charge is 0.261 e. The molecule has 0 bridgehead atoms. The lowest BCUT2D eigenvalue weighted by Gasteiger charge is -2.32. The van der Waals surface area contributed by atoms with E-state index in [1.165, 1.54) is 34.4 Å². The summed E-state index contributed by atoms with van der Waals surface area (Å²) in [4.78, 5) is 41.2. The molecule has 2 N–H and O–H groups in total. The second kappa shape index (κ2) is 11.1. The Hall–Kier alpha value is -3.52. The second-order valence-corrected chi connectivity index (χ2v) is 9.15. The van der Waals surface area contributed by atoms with E-state index in [1.807, 2.05) is 6.07 Å². The minimum Gasteiger partial charge on any atom is -0.351 e. The number of carbonyl (C=O) groups is 3. The Labute approximate surface area is 201 Å². The predicted molar refractivity (Wildman–Crippen MR) is 130 cm³/mol. The molecule has 6 nitrogen and oxygen atoms in total. The predicted octanol–water partition coefficient (Wildman–Crippen LogP) is 4.45. The van der Waals surface area contributed by atoms with Gasteiger partial charge in [0, 0.05) is 11.7 Å². The van der Waals surface area contributed by atoms with Crippen molar-refractivity contribution in [3.8, 4) is 0 Å². The summed E-state index contributed by atoms with van der Waals surface area (Å²) in [5, 5.41) is 7.47. The molecule has 8 heteroatoms. The molecule has 1 aliphatic rings. The fourth-order valence-electron chi connectivity index (χ4n) is 4.20. The molecule has 1 atom stereocenters. The highest BCUT2D eigenvalue weighted by Gasteiger charge is 2.34. The molecule has 176 valence electrons. The maximum Gasteiger partial charge on any atom is 0.261 e. The zero-order valence-electron chi connectivity index (χ0n) is 18.6. The number of amides is 3. The molecule has 3 amide bonds. The molecule has 0 saturated heterocycles. The monoisotopic (exact) mass is 479 g/mol. The third-order valence-corrected chi connectivity index (χ3v) is 6.69. The minimum atomic E-state index is -1.02. The number of hydrogen-bond acceptors (Lipinski definition) is 4. The van der Waals surface area contributed by atoms with Crippen LogP contribution in [-0.2, 0) is 9.59 Å². The number of nitrogens with one attached hydrogen (secondary N) is 2. The topological polar surface area (TPSA) is 78.5 Å². The van der Waals surface area contributed by atoms with Crippen molar-refractivity contribution in [2.45, 2.75) is 37.8 Å². The van der Waals surface area contributed by atoms with Crippen LogP contribution >= 0.6 is 11.3 Å². The van der Waals surface area contributed by atoms with E-state index in [-0.39, 0.29) is 30.1 Å². The SMILES string of the molecule is O=C(NCC(=O)N(c1cccc(F)c1)C(C(=O)NC1CCCC1)c1ccccc1)c1cccs1. The lowest BCUT2D eigenvalue weighted by molar-refractivity contribution is -0.126. The van der Waals surface area contributed by atoms with Gasteiger partial charge in [0.15, 0.2) is 0 Å². The van der Waals surface area contributed by atoms with Gasteiger partial charge in [-0.05, 0) is 48.1 Å². The van der Waals surface area contributed by atoms with E-state index in [4.69, 9.17) is 0 Å². The van der Waals surface area contributed by atoms with Crippen LogP contribution in [0.5, 0.6) is 0 Å². The number of thiophene rings is 1. The highest BCUT2D eigenvalue weighted by molar-refractivity contribution is 7.12. The second-order valence-electron chi connectivity index (χ2n) is 8.21. The molecule has 1 aromatic heterocycles. The summed E-state index contributed by atoms with van der Waals surface area (Å²) in [5.74, 6) is -1.76. The van der Waals surface area contributed by atoms with Crippen molar-refractivity contribution in [1.29, 1.82) is 0 Å². The van der Waals surface area contributed by atoms with Crippen molar-refractivity contribution in [3.05, 3.63) is 88.4 Å². The number of nitrogens with zero attached hydrogens (tertiary/aromatic N) is 1. The fourth-order valence-corrected chi connectivity index (χ4v) is 4.84. The maximum absolute atomic E-state index is 14.2. The molecule has 3 aromatic rings. The van der Waals surface area contributed by atoms with E-state index in [0.717, 1.165) is 25.7 Å². The summed E-state index contributed by atoms with van der Waals surface area (Å²) in [6, 6.07) is 16.9. The summed E-state index contributed by atoms with van der Waals surface area (Å²) in [6.45, 7) is -0.340. The van der Waals surface area contributed by atoms with Crippen molar-refractivity contribution >= 4 is 34.7 Å². The molecular weight excluding hydrogens is 453 g/mol. The zero-order chi connectivity index (χ0) is 23.9. The molecule has 0 spiro atoms. The van der Waals surface area contributed by atoms with Gasteiger partial charge in [0.25, 0.3) is 5.91 Å².